The van der Waals surface area contributed by atoms with E-state index in [2.05, 4.69) is 20.6 Å². The molecule has 2 aromatic heterocycles. The van der Waals surface area contributed by atoms with E-state index in [1.165, 1.54) is 6.07 Å². The van der Waals surface area contributed by atoms with Gasteiger partial charge < -0.3 is 14.4 Å². The largest absolute Gasteiger partial charge is 0.511 e. The highest BCUT2D eigenvalue weighted by Gasteiger charge is 2.18. The molecule has 0 radical (unpaired) electrons. The first-order valence-corrected chi connectivity index (χ1v) is 11.5. The molecule has 0 amide bonds. The Bertz CT molecular complexity index is 1560. The van der Waals surface area contributed by atoms with Crippen LogP contribution in [0.5, 0.6) is 5.75 Å². The van der Waals surface area contributed by atoms with Crippen molar-refractivity contribution in [2.75, 3.05) is 0 Å². The predicted molar refractivity (Wildman–Crippen MR) is 131 cm³/mol. The number of aromatic nitrogens is 6. The van der Waals surface area contributed by atoms with Crippen molar-refractivity contribution < 1.29 is 19.0 Å². The Hall–Kier alpha value is -4.60. The summed E-state index contributed by atoms with van der Waals surface area (Å²) in [5.41, 5.74) is 4.96. The molecular formula is C26H23FN6O3. The first kappa shape index (κ1) is 23.2. The number of hydrogen-bond acceptors (Lipinski definition) is 6. The normalized spacial score (nSPS) is 11.2. The summed E-state index contributed by atoms with van der Waals surface area (Å²) in [6, 6.07) is 15.9. The van der Waals surface area contributed by atoms with Gasteiger partial charge in [0.25, 0.3) is 0 Å². The quantitative estimate of drug-likeness (QED) is 0.234. The molecule has 10 heteroatoms. The lowest BCUT2D eigenvalue weighted by Crippen LogP contribution is -2.07. The molecule has 0 bridgehead atoms. The summed E-state index contributed by atoms with van der Waals surface area (Å²) in [5, 5.41) is 23.1. The first-order chi connectivity index (χ1) is 17.4. The van der Waals surface area contributed by atoms with E-state index in [1.807, 2.05) is 48.7 Å². The van der Waals surface area contributed by atoms with Gasteiger partial charge in [-0.3, -0.25) is 0 Å². The Kier molecular flexibility index (Phi) is 6.16. The number of aryl methyl sites for hydroxylation is 2. The third kappa shape index (κ3) is 4.40. The van der Waals surface area contributed by atoms with Crippen LogP contribution in [0.15, 0.2) is 54.6 Å². The highest BCUT2D eigenvalue weighted by Crippen LogP contribution is 2.32. The van der Waals surface area contributed by atoms with Gasteiger partial charge in [-0.25, -0.2) is 19.3 Å². The molecule has 0 aliphatic carbocycles. The zero-order chi connectivity index (χ0) is 25.2. The number of ether oxygens (including phenoxy) is 1. The van der Waals surface area contributed by atoms with Crippen LogP contribution in [-0.2, 0) is 13.0 Å². The van der Waals surface area contributed by atoms with Gasteiger partial charge >= 0.3 is 6.16 Å². The SMILES string of the molecule is CCCc1nc2c(C)cc(OC(=O)O)cc2n1Cc1ccc(-c2ccccc2-c2nnn[nH]2)cc1F. The van der Waals surface area contributed by atoms with Gasteiger partial charge in [0.1, 0.15) is 17.4 Å². The second kappa shape index (κ2) is 9.57. The second-order valence-corrected chi connectivity index (χ2v) is 8.44. The first-order valence-electron chi connectivity index (χ1n) is 11.5. The van der Waals surface area contributed by atoms with Crippen LogP contribution in [0.1, 0.15) is 30.3 Å². The predicted octanol–water partition coefficient (Wildman–Crippen LogP) is 5.39. The number of nitrogens with one attached hydrogen (secondary N) is 1. The number of aromatic amines is 1. The number of tetrazole rings is 1. The fourth-order valence-corrected chi connectivity index (χ4v) is 4.39. The van der Waals surface area contributed by atoms with Crippen molar-refractivity contribution in [2.24, 2.45) is 0 Å². The number of fused-ring (bicyclic) bond motifs is 1. The maximum Gasteiger partial charge on any atom is 0.511 e. The van der Waals surface area contributed by atoms with Crippen molar-refractivity contribution in [3.63, 3.8) is 0 Å². The molecule has 3 aromatic carbocycles. The molecule has 0 unspecified atom stereocenters. The van der Waals surface area contributed by atoms with Crippen LogP contribution in [0.25, 0.3) is 33.5 Å². The van der Waals surface area contributed by atoms with E-state index in [-0.39, 0.29) is 18.1 Å². The Morgan fingerprint density at radius 3 is 2.64 bits per heavy atom. The fourth-order valence-electron chi connectivity index (χ4n) is 4.39. The van der Waals surface area contributed by atoms with E-state index >= 15 is 4.39 Å². The van der Waals surface area contributed by atoms with Crippen LogP contribution in [-0.4, -0.2) is 41.4 Å². The monoisotopic (exact) mass is 486 g/mol. The van der Waals surface area contributed by atoms with Crippen LogP contribution in [0.3, 0.4) is 0 Å². The van der Waals surface area contributed by atoms with Gasteiger partial charge in [-0.15, -0.1) is 5.10 Å². The van der Waals surface area contributed by atoms with Gasteiger partial charge in [-0.1, -0.05) is 43.3 Å². The minimum atomic E-state index is -1.39. The number of imidazole rings is 1. The standard InChI is InChI=1S/C26H23FN6O3/c1-3-6-23-28-24-15(2)11-18(36-26(34)35)13-22(24)33(23)14-17-10-9-16(12-21(17)27)19-7-4-5-8-20(19)25-29-31-32-30-25/h4-5,7-13H,3,6,14H2,1-2H3,(H,34,35)(H,29,30,31,32). The number of benzene rings is 3. The van der Waals surface area contributed by atoms with Gasteiger partial charge in [0.2, 0.25) is 0 Å². The minimum absolute atomic E-state index is 0.200. The molecule has 0 atom stereocenters. The molecule has 182 valence electrons. The van der Waals surface area contributed by atoms with Crippen molar-refractivity contribution in [2.45, 2.75) is 33.2 Å². The molecule has 2 heterocycles. The molecule has 36 heavy (non-hydrogen) atoms. The number of rotatable bonds is 7. The fraction of sp³-hybridized carbons (Fsp3) is 0.192. The highest BCUT2D eigenvalue weighted by atomic mass is 19.1. The number of carbonyl (C=O) groups is 1. The third-order valence-electron chi connectivity index (χ3n) is 6.00. The average Bonchev–Trinajstić information content (AvgIpc) is 3.50. The zero-order valence-corrected chi connectivity index (χ0v) is 19.7. The molecular weight excluding hydrogens is 463 g/mol. The molecule has 2 N–H and O–H groups in total. The van der Waals surface area contributed by atoms with Gasteiger partial charge in [0.15, 0.2) is 5.82 Å². The zero-order valence-electron chi connectivity index (χ0n) is 19.7. The summed E-state index contributed by atoms with van der Waals surface area (Å²) < 4.78 is 22.3. The maximum atomic E-state index is 15.5. The smallest absolute Gasteiger partial charge is 0.449 e. The number of carboxylic acid groups (broad SMARTS) is 1. The van der Waals surface area contributed by atoms with Crippen LogP contribution in [0, 0.1) is 12.7 Å². The van der Waals surface area contributed by atoms with Crippen molar-refractivity contribution in [3.8, 4) is 28.3 Å². The van der Waals surface area contributed by atoms with Crippen molar-refractivity contribution in [1.29, 1.82) is 0 Å². The average molecular weight is 487 g/mol. The molecule has 9 nitrogen and oxygen atoms in total. The van der Waals surface area contributed by atoms with Crippen molar-refractivity contribution in [1.82, 2.24) is 30.2 Å². The Morgan fingerprint density at radius 2 is 1.94 bits per heavy atom. The van der Waals surface area contributed by atoms with E-state index in [9.17, 15) is 4.79 Å². The van der Waals surface area contributed by atoms with Gasteiger partial charge in [-0.2, -0.15) is 0 Å². The van der Waals surface area contributed by atoms with E-state index in [0.717, 1.165) is 34.5 Å². The number of H-pyrrole nitrogens is 1. The Balaban J connectivity index is 1.55. The summed E-state index contributed by atoms with van der Waals surface area (Å²) in [6.07, 6.45) is 0.161. The lowest BCUT2D eigenvalue weighted by molar-refractivity contribution is 0.144. The molecule has 0 saturated heterocycles. The van der Waals surface area contributed by atoms with E-state index in [4.69, 9.17) is 14.8 Å². The molecule has 0 saturated carbocycles. The summed E-state index contributed by atoms with van der Waals surface area (Å²) in [5.74, 6) is 1.14. The number of nitrogens with zero attached hydrogens (tertiary/aromatic N) is 5. The summed E-state index contributed by atoms with van der Waals surface area (Å²) in [4.78, 5) is 15.9. The summed E-state index contributed by atoms with van der Waals surface area (Å²) in [7, 11) is 0. The van der Waals surface area contributed by atoms with Crippen LogP contribution >= 0.6 is 0 Å². The van der Waals surface area contributed by atoms with Gasteiger partial charge in [0.05, 0.1) is 17.6 Å². The molecule has 0 aliphatic rings. The molecule has 5 rings (SSSR count). The number of halogens is 1. The highest BCUT2D eigenvalue weighted by molar-refractivity contribution is 5.83. The second-order valence-electron chi connectivity index (χ2n) is 8.44. The molecule has 5 aromatic rings. The minimum Gasteiger partial charge on any atom is -0.449 e. The summed E-state index contributed by atoms with van der Waals surface area (Å²) in [6.45, 7) is 4.13. The number of hydrogen-bond donors (Lipinski definition) is 2. The Labute approximate surface area is 205 Å². The molecule has 0 aliphatic heterocycles. The van der Waals surface area contributed by atoms with E-state index in [0.29, 0.717) is 28.9 Å². The van der Waals surface area contributed by atoms with Crippen LogP contribution < -0.4 is 4.74 Å². The van der Waals surface area contributed by atoms with Crippen molar-refractivity contribution in [3.05, 3.63) is 77.4 Å². The van der Waals surface area contributed by atoms with Crippen LogP contribution in [0.2, 0.25) is 0 Å². The third-order valence-corrected chi connectivity index (χ3v) is 6.00. The summed E-state index contributed by atoms with van der Waals surface area (Å²) >= 11 is 0. The van der Waals surface area contributed by atoms with Gasteiger partial charge in [0, 0.05) is 23.6 Å². The van der Waals surface area contributed by atoms with E-state index in [1.54, 1.807) is 18.2 Å². The topological polar surface area (TPSA) is 119 Å². The Morgan fingerprint density at radius 1 is 1.14 bits per heavy atom. The van der Waals surface area contributed by atoms with Crippen molar-refractivity contribution >= 4 is 17.2 Å². The van der Waals surface area contributed by atoms with E-state index < -0.39 is 6.16 Å². The van der Waals surface area contributed by atoms with Crippen LogP contribution in [0.4, 0.5) is 9.18 Å². The lowest BCUT2D eigenvalue weighted by atomic mass is 9.98. The maximum absolute atomic E-state index is 15.5. The lowest BCUT2D eigenvalue weighted by Gasteiger charge is -2.13. The molecule has 0 fully saturated rings. The van der Waals surface area contributed by atoms with Gasteiger partial charge in [-0.05, 0) is 52.6 Å². The molecule has 0 spiro atoms.